The fourth-order valence-electron chi connectivity index (χ4n) is 3.33. The number of anilines is 1. The fraction of sp³-hybridized carbons (Fsp3) is 0.286. The molecule has 0 saturated carbocycles. The maximum atomic E-state index is 6.32. The zero-order valence-corrected chi connectivity index (χ0v) is 16.0. The first-order chi connectivity index (χ1) is 13.2. The number of nitrogens with zero attached hydrogens (tertiary/aromatic N) is 3. The van der Waals surface area contributed by atoms with Crippen molar-refractivity contribution in [2.75, 3.05) is 38.2 Å². The molecule has 1 aliphatic rings. The fourth-order valence-corrected chi connectivity index (χ4v) is 3.59. The number of para-hydroxylation sites is 1. The van der Waals surface area contributed by atoms with Crippen LogP contribution in [0, 0.1) is 0 Å². The van der Waals surface area contributed by atoms with E-state index in [1.54, 1.807) is 13.4 Å². The molecule has 0 radical (unpaired) electrons. The second-order valence-corrected chi connectivity index (χ2v) is 6.99. The lowest BCUT2D eigenvalue weighted by atomic mass is 10.2. The van der Waals surface area contributed by atoms with Gasteiger partial charge in [-0.25, -0.2) is 4.98 Å². The molecule has 6 heteroatoms. The second-order valence-electron chi connectivity index (χ2n) is 6.59. The molecule has 5 nitrogen and oxygen atoms in total. The SMILES string of the molecule is COc1ccc(-c2nc(CN3CCN(c4ccccc4Cl)CC3)co2)cc1. The lowest BCUT2D eigenvalue weighted by molar-refractivity contribution is 0.247. The minimum atomic E-state index is 0.641. The van der Waals surface area contributed by atoms with Gasteiger partial charge in [-0.1, -0.05) is 23.7 Å². The van der Waals surface area contributed by atoms with E-state index in [4.69, 9.17) is 20.8 Å². The molecular formula is C21H22ClN3O2. The van der Waals surface area contributed by atoms with Crippen molar-refractivity contribution >= 4 is 17.3 Å². The van der Waals surface area contributed by atoms with Crippen LogP contribution in [0.25, 0.3) is 11.5 Å². The normalized spacial score (nSPS) is 15.1. The van der Waals surface area contributed by atoms with Crippen molar-refractivity contribution in [2.45, 2.75) is 6.54 Å². The molecule has 4 rings (SSSR count). The van der Waals surface area contributed by atoms with Crippen molar-refractivity contribution < 1.29 is 9.15 Å². The Kier molecular flexibility index (Phi) is 5.32. The van der Waals surface area contributed by atoms with Gasteiger partial charge in [0.15, 0.2) is 0 Å². The van der Waals surface area contributed by atoms with Gasteiger partial charge in [0.25, 0.3) is 0 Å². The molecule has 0 N–H and O–H groups in total. The van der Waals surface area contributed by atoms with E-state index in [1.807, 2.05) is 42.5 Å². The first-order valence-electron chi connectivity index (χ1n) is 9.03. The van der Waals surface area contributed by atoms with Gasteiger partial charge in [-0.15, -0.1) is 0 Å². The zero-order valence-electron chi connectivity index (χ0n) is 15.3. The molecule has 2 heterocycles. The molecule has 1 aliphatic heterocycles. The summed E-state index contributed by atoms with van der Waals surface area (Å²) in [5.74, 6) is 1.46. The maximum Gasteiger partial charge on any atom is 0.226 e. The standard InChI is InChI=1S/C21H22ClN3O2/c1-26-18-8-6-16(7-9-18)21-23-17(15-27-21)14-24-10-12-25(13-11-24)20-5-3-2-4-19(20)22/h2-9,15H,10-14H2,1H3. The molecule has 140 valence electrons. The number of oxazole rings is 1. The van der Waals surface area contributed by atoms with Crippen LogP contribution in [0.4, 0.5) is 5.69 Å². The van der Waals surface area contributed by atoms with Crippen molar-refractivity contribution in [2.24, 2.45) is 0 Å². The van der Waals surface area contributed by atoms with E-state index in [-0.39, 0.29) is 0 Å². The first kappa shape index (κ1) is 17.9. The Bertz CT molecular complexity index is 886. The van der Waals surface area contributed by atoms with Gasteiger partial charge in [0, 0.05) is 38.3 Å². The molecule has 0 amide bonds. The Labute approximate surface area is 164 Å². The summed E-state index contributed by atoms with van der Waals surface area (Å²) in [4.78, 5) is 9.37. The highest BCUT2D eigenvalue weighted by atomic mass is 35.5. The van der Waals surface area contributed by atoms with Crippen molar-refractivity contribution in [3.8, 4) is 17.2 Å². The third-order valence-electron chi connectivity index (χ3n) is 4.84. The Morgan fingerprint density at radius 1 is 1.04 bits per heavy atom. The minimum Gasteiger partial charge on any atom is -0.497 e. The van der Waals surface area contributed by atoms with E-state index in [0.717, 1.165) is 60.4 Å². The smallest absolute Gasteiger partial charge is 0.226 e. The zero-order chi connectivity index (χ0) is 18.6. The van der Waals surface area contributed by atoms with E-state index < -0.39 is 0 Å². The summed E-state index contributed by atoms with van der Waals surface area (Å²) in [7, 11) is 1.66. The molecule has 1 aromatic heterocycles. The summed E-state index contributed by atoms with van der Waals surface area (Å²) in [5.41, 5.74) is 3.01. The van der Waals surface area contributed by atoms with Crippen LogP contribution in [0.5, 0.6) is 5.75 Å². The third-order valence-corrected chi connectivity index (χ3v) is 5.16. The lowest BCUT2D eigenvalue weighted by Crippen LogP contribution is -2.46. The van der Waals surface area contributed by atoms with Gasteiger partial charge in [-0.05, 0) is 36.4 Å². The van der Waals surface area contributed by atoms with Crippen LogP contribution in [0.2, 0.25) is 5.02 Å². The molecule has 27 heavy (non-hydrogen) atoms. The van der Waals surface area contributed by atoms with E-state index in [1.165, 1.54) is 0 Å². The van der Waals surface area contributed by atoms with Crippen LogP contribution >= 0.6 is 11.6 Å². The predicted octanol–water partition coefficient (Wildman–Crippen LogP) is 4.33. The monoisotopic (exact) mass is 383 g/mol. The number of aromatic nitrogens is 1. The summed E-state index contributed by atoms with van der Waals surface area (Å²) in [6.45, 7) is 4.63. The maximum absolute atomic E-state index is 6.32. The number of halogens is 1. The number of ether oxygens (including phenoxy) is 1. The van der Waals surface area contributed by atoms with E-state index in [0.29, 0.717) is 5.89 Å². The Morgan fingerprint density at radius 2 is 1.78 bits per heavy atom. The summed E-state index contributed by atoms with van der Waals surface area (Å²) < 4.78 is 10.9. The van der Waals surface area contributed by atoms with Crippen LogP contribution in [-0.4, -0.2) is 43.2 Å². The predicted molar refractivity (Wildman–Crippen MR) is 107 cm³/mol. The highest BCUT2D eigenvalue weighted by Gasteiger charge is 2.20. The largest absolute Gasteiger partial charge is 0.497 e. The molecule has 1 fully saturated rings. The topological polar surface area (TPSA) is 41.7 Å². The molecule has 1 saturated heterocycles. The Morgan fingerprint density at radius 3 is 2.48 bits per heavy atom. The van der Waals surface area contributed by atoms with Gasteiger partial charge in [-0.2, -0.15) is 0 Å². The van der Waals surface area contributed by atoms with Gasteiger partial charge in [0.2, 0.25) is 5.89 Å². The van der Waals surface area contributed by atoms with Gasteiger partial charge >= 0.3 is 0 Å². The highest BCUT2D eigenvalue weighted by molar-refractivity contribution is 6.33. The quantitative estimate of drug-likeness (QED) is 0.656. The molecule has 0 unspecified atom stereocenters. The van der Waals surface area contributed by atoms with Gasteiger partial charge < -0.3 is 14.1 Å². The Hall–Kier alpha value is -2.50. The number of hydrogen-bond acceptors (Lipinski definition) is 5. The molecule has 0 aliphatic carbocycles. The molecule has 3 aromatic rings. The number of rotatable bonds is 5. The van der Waals surface area contributed by atoms with Crippen LogP contribution in [-0.2, 0) is 6.54 Å². The number of methoxy groups -OCH3 is 1. The van der Waals surface area contributed by atoms with Crippen molar-refractivity contribution in [3.63, 3.8) is 0 Å². The van der Waals surface area contributed by atoms with Gasteiger partial charge in [-0.3, -0.25) is 4.90 Å². The molecule has 0 bridgehead atoms. The molecular weight excluding hydrogens is 362 g/mol. The van der Waals surface area contributed by atoms with E-state index in [9.17, 15) is 0 Å². The third kappa shape index (κ3) is 4.10. The van der Waals surface area contributed by atoms with Crippen LogP contribution < -0.4 is 9.64 Å². The van der Waals surface area contributed by atoms with Crippen molar-refractivity contribution in [3.05, 3.63) is 65.5 Å². The lowest BCUT2D eigenvalue weighted by Gasteiger charge is -2.36. The molecule has 0 spiro atoms. The van der Waals surface area contributed by atoms with Crippen LogP contribution in [0.15, 0.2) is 59.2 Å². The number of piperazine rings is 1. The summed E-state index contributed by atoms with van der Waals surface area (Å²) in [5, 5.41) is 0.812. The Balaban J connectivity index is 1.35. The van der Waals surface area contributed by atoms with Crippen molar-refractivity contribution in [1.82, 2.24) is 9.88 Å². The number of hydrogen-bond donors (Lipinski definition) is 0. The summed E-state index contributed by atoms with van der Waals surface area (Å²) in [6.07, 6.45) is 1.75. The first-order valence-corrected chi connectivity index (χ1v) is 9.41. The van der Waals surface area contributed by atoms with E-state index >= 15 is 0 Å². The van der Waals surface area contributed by atoms with Crippen LogP contribution in [0.1, 0.15) is 5.69 Å². The second kappa shape index (κ2) is 8.03. The van der Waals surface area contributed by atoms with Gasteiger partial charge in [0.05, 0.1) is 23.5 Å². The van der Waals surface area contributed by atoms with Crippen LogP contribution in [0.3, 0.4) is 0 Å². The molecule has 0 atom stereocenters. The average Bonchev–Trinajstić information content (AvgIpc) is 3.18. The molecule has 2 aromatic carbocycles. The average molecular weight is 384 g/mol. The minimum absolute atomic E-state index is 0.641. The van der Waals surface area contributed by atoms with Crippen molar-refractivity contribution in [1.29, 1.82) is 0 Å². The van der Waals surface area contributed by atoms with Gasteiger partial charge in [0.1, 0.15) is 12.0 Å². The van der Waals surface area contributed by atoms with E-state index in [2.05, 4.69) is 20.9 Å². The number of benzene rings is 2. The summed E-state index contributed by atoms with van der Waals surface area (Å²) in [6, 6.07) is 15.8. The summed E-state index contributed by atoms with van der Waals surface area (Å²) >= 11 is 6.32. The highest BCUT2D eigenvalue weighted by Crippen LogP contribution is 2.26.